The average Bonchev–Trinajstić information content (AvgIpc) is 3.22. The predicted octanol–water partition coefficient (Wildman–Crippen LogP) is 3.57. The number of benzene rings is 1. The van der Waals surface area contributed by atoms with E-state index in [1.807, 2.05) is 42.5 Å². The molecular weight excluding hydrogens is 366 g/mol. The minimum atomic E-state index is -0.101. The van der Waals surface area contributed by atoms with Crippen LogP contribution in [0.15, 0.2) is 82.9 Å². The number of rotatable bonds is 6. The van der Waals surface area contributed by atoms with Crippen molar-refractivity contribution < 1.29 is 9.53 Å². The van der Waals surface area contributed by atoms with Gasteiger partial charge in [0.15, 0.2) is 5.78 Å². The van der Waals surface area contributed by atoms with Crippen LogP contribution in [0.4, 0.5) is 0 Å². The van der Waals surface area contributed by atoms with Gasteiger partial charge >= 0.3 is 0 Å². The van der Waals surface area contributed by atoms with Gasteiger partial charge in [-0.25, -0.2) is 9.98 Å². The Balaban J connectivity index is 1.47. The fourth-order valence-corrected chi connectivity index (χ4v) is 3.08. The first-order valence-corrected chi connectivity index (χ1v) is 9.24. The first-order chi connectivity index (χ1) is 14.1. The summed E-state index contributed by atoms with van der Waals surface area (Å²) in [4.78, 5) is 32.8. The minimum absolute atomic E-state index is 0.0456. The Bertz CT molecular complexity index is 1180. The van der Waals surface area contributed by atoms with E-state index in [4.69, 9.17) is 4.74 Å². The number of allylic oxidation sites excluding steroid dienone is 1. The smallest absolute Gasteiger partial charge is 0.250 e. The summed E-state index contributed by atoms with van der Waals surface area (Å²) in [5.41, 5.74) is 2.84. The first-order valence-electron chi connectivity index (χ1n) is 9.24. The molecule has 3 aromatic rings. The van der Waals surface area contributed by atoms with E-state index in [2.05, 4.69) is 9.98 Å². The summed E-state index contributed by atoms with van der Waals surface area (Å²) in [5.74, 6) is 1.12. The van der Waals surface area contributed by atoms with Gasteiger partial charge in [0, 0.05) is 50.0 Å². The number of nitrogens with zero attached hydrogens (tertiary/aromatic N) is 3. The van der Waals surface area contributed by atoms with Gasteiger partial charge < -0.3 is 9.30 Å². The number of aryl methyl sites for hydroxylation is 1. The van der Waals surface area contributed by atoms with Gasteiger partial charge in [-0.05, 0) is 23.8 Å². The molecule has 2 aromatic heterocycles. The van der Waals surface area contributed by atoms with Crippen LogP contribution in [0.2, 0.25) is 0 Å². The van der Waals surface area contributed by atoms with Crippen LogP contribution in [-0.4, -0.2) is 21.0 Å². The number of aromatic nitrogens is 2. The van der Waals surface area contributed by atoms with Crippen LogP contribution in [0, 0.1) is 0 Å². The second-order valence-electron chi connectivity index (χ2n) is 6.74. The molecule has 0 aliphatic carbocycles. The molecule has 1 aromatic carbocycles. The van der Waals surface area contributed by atoms with Crippen molar-refractivity contribution in [3.8, 4) is 11.6 Å². The Morgan fingerprint density at radius 2 is 2.03 bits per heavy atom. The lowest BCUT2D eigenvalue weighted by Crippen LogP contribution is -2.18. The molecule has 0 saturated heterocycles. The Kier molecular flexibility index (Phi) is 5.16. The highest BCUT2D eigenvalue weighted by Crippen LogP contribution is 2.27. The summed E-state index contributed by atoms with van der Waals surface area (Å²) < 4.78 is 7.24. The van der Waals surface area contributed by atoms with E-state index in [1.54, 1.807) is 31.6 Å². The van der Waals surface area contributed by atoms with Gasteiger partial charge in [0.25, 0.3) is 0 Å². The number of ether oxygens (including phenoxy) is 1. The van der Waals surface area contributed by atoms with Gasteiger partial charge in [-0.1, -0.05) is 30.3 Å². The lowest BCUT2D eigenvalue weighted by molar-refractivity contribution is -0.112. The standard InChI is InChI=1S/C23H19N3O3/c1-26-15-16(8-11-23(26)28)13-21(27)20-10-9-19(25-20)17-5-4-6-18(14-17)29-22-7-2-3-12-24-22/h2-9,11-12,14-15H,10,13H2,1H3. The first kappa shape index (κ1) is 18.6. The van der Waals surface area contributed by atoms with Gasteiger partial charge in [-0.2, -0.15) is 0 Å². The van der Waals surface area contributed by atoms with Crippen molar-refractivity contribution in [2.75, 3.05) is 0 Å². The number of carbonyl (C=O) groups is 1. The second-order valence-corrected chi connectivity index (χ2v) is 6.74. The van der Waals surface area contributed by atoms with Gasteiger partial charge in [-0.15, -0.1) is 0 Å². The molecule has 6 heteroatoms. The maximum absolute atomic E-state index is 12.6. The largest absolute Gasteiger partial charge is 0.439 e. The van der Waals surface area contributed by atoms with Crippen LogP contribution in [0.3, 0.4) is 0 Å². The third-order valence-corrected chi connectivity index (χ3v) is 4.57. The highest BCUT2D eigenvalue weighted by atomic mass is 16.5. The molecule has 0 bridgehead atoms. The number of ketones is 1. The van der Waals surface area contributed by atoms with E-state index < -0.39 is 0 Å². The van der Waals surface area contributed by atoms with Crippen molar-refractivity contribution in [3.63, 3.8) is 0 Å². The Morgan fingerprint density at radius 3 is 2.83 bits per heavy atom. The summed E-state index contributed by atoms with van der Waals surface area (Å²) in [5, 5.41) is 0. The topological polar surface area (TPSA) is 73.6 Å². The number of pyridine rings is 2. The average molecular weight is 385 g/mol. The zero-order valence-corrected chi connectivity index (χ0v) is 15.9. The fraction of sp³-hybridized carbons (Fsp3) is 0.130. The van der Waals surface area contributed by atoms with E-state index in [0.717, 1.165) is 16.8 Å². The number of Topliss-reactive ketones (excluding diaryl/α,β-unsaturated/α-hetero) is 1. The van der Waals surface area contributed by atoms with Crippen molar-refractivity contribution in [1.29, 1.82) is 0 Å². The molecule has 1 aliphatic rings. The summed E-state index contributed by atoms with van der Waals surface area (Å²) in [6.07, 6.45) is 6.00. The molecule has 0 spiro atoms. The van der Waals surface area contributed by atoms with E-state index in [9.17, 15) is 9.59 Å². The molecule has 0 amide bonds. The third-order valence-electron chi connectivity index (χ3n) is 4.57. The van der Waals surface area contributed by atoms with E-state index in [0.29, 0.717) is 23.8 Å². The van der Waals surface area contributed by atoms with Gasteiger partial charge in [0.05, 0.1) is 11.4 Å². The fourth-order valence-electron chi connectivity index (χ4n) is 3.08. The van der Waals surface area contributed by atoms with Crippen LogP contribution in [0.1, 0.15) is 17.5 Å². The molecule has 0 fully saturated rings. The van der Waals surface area contributed by atoms with Crippen LogP contribution in [0.5, 0.6) is 11.6 Å². The predicted molar refractivity (Wildman–Crippen MR) is 111 cm³/mol. The summed E-state index contributed by atoms with van der Waals surface area (Å²) in [6, 6.07) is 16.2. The third kappa shape index (κ3) is 4.38. The lowest BCUT2D eigenvalue weighted by atomic mass is 10.1. The molecule has 0 unspecified atom stereocenters. The molecule has 0 saturated carbocycles. The molecular formula is C23H19N3O3. The number of hydrogen-bond acceptors (Lipinski definition) is 5. The quantitative estimate of drug-likeness (QED) is 0.650. The molecule has 0 radical (unpaired) electrons. The van der Waals surface area contributed by atoms with Crippen LogP contribution in [-0.2, 0) is 18.3 Å². The van der Waals surface area contributed by atoms with E-state index in [1.165, 1.54) is 10.6 Å². The maximum Gasteiger partial charge on any atom is 0.250 e. The molecule has 4 rings (SSSR count). The Labute approximate surface area is 167 Å². The van der Waals surface area contributed by atoms with Crippen molar-refractivity contribution in [3.05, 3.63) is 94.5 Å². The summed E-state index contributed by atoms with van der Waals surface area (Å²) in [7, 11) is 1.67. The van der Waals surface area contributed by atoms with Crippen molar-refractivity contribution in [2.45, 2.75) is 12.8 Å². The molecule has 0 N–H and O–H groups in total. The van der Waals surface area contributed by atoms with Gasteiger partial charge in [0.1, 0.15) is 5.75 Å². The molecule has 29 heavy (non-hydrogen) atoms. The Morgan fingerprint density at radius 1 is 1.14 bits per heavy atom. The normalized spacial score (nSPS) is 13.0. The monoisotopic (exact) mass is 385 g/mol. The van der Waals surface area contributed by atoms with Crippen LogP contribution < -0.4 is 10.3 Å². The molecule has 0 atom stereocenters. The highest BCUT2D eigenvalue weighted by Gasteiger charge is 2.18. The Hall–Kier alpha value is -3.80. The SMILES string of the molecule is Cn1cc(CC(=O)C2=NC(c3cccc(Oc4ccccn4)c3)=CC2)ccc1=O. The molecule has 6 nitrogen and oxygen atoms in total. The van der Waals surface area contributed by atoms with Crippen LogP contribution >= 0.6 is 0 Å². The molecule has 1 aliphatic heterocycles. The van der Waals surface area contributed by atoms with Crippen LogP contribution in [0.25, 0.3) is 5.70 Å². The van der Waals surface area contributed by atoms with Gasteiger partial charge in [0.2, 0.25) is 11.4 Å². The van der Waals surface area contributed by atoms with Crippen molar-refractivity contribution in [2.24, 2.45) is 12.0 Å². The van der Waals surface area contributed by atoms with Gasteiger partial charge in [-0.3, -0.25) is 9.59 Å². The van der Waals surface area contributed by atoms with Crippen molar-refractivity contribution >= 4 is 17.2 Å². The number of carbonyl (C=O) groups excluding carboxylic acids is 1. The number of aliphatic imine (C=N–C) groups is 1. The highest BCUT2D eigenvalue weighted by molar-refractivity contribution is 6.42. The zero-order chi connectivity index (χ0) is 20.2. The number of hydrogen-bond donors (Lipinski definition) is 0. The second kappa shape index (κ2) is 8.06. The van der Waals surface area contributed by atoms with E-state index in [-0.39, 0.29) is 17.8 Å². The zero-order valence-electron chi connectivity index (χ0n) is 15.9. The molecule has 3 heterocycles. The van der Waals surface area contributed by atoms with E-state index >= 15 is 0 Å². The summed E-state index contributed by atoms with van der Waals surface area (Å²) >= 11 is 0. The molecule has 144 valence electrons. The maximum atomic E-state index is 12.6. The lowest BCUT2D eigenvalue weighted by Gasteiger charge is -2.06. The van der Waals surface area contributed by atoms with Crippen molar-refractivity contribution in [1.82, 2.24) is 9.55 Å². The minimum Gasteiger partial charge on any atom is -0.439 e. The summed E-state index contributed by atoms with van der Waals surface area (Å²) in [6.45, 7) is 0.